The highest BCUT2D eigenvalue weighted by atomic mass is 16.5. The van der Waals surface area contributed by atoms with Crippen LogP contribution < -0.4 is 15.4 Å². The first kappa shape index (κ1) is 19.0. The minimum Gasteiger partial charge on any atom is -0.497 e. The minimum absolute atomic E-state index is 0.0643. The lowest BCUT2D eigenvalue weighted by molar-refractivity contribution is -0.116. The molecule has 0 radical (unpaired) electrons. The molecule has 0 saturated heterocycles. The Hall–Kier alpha value is -2.33. The van der Waals surface area contributed by atoms with E-state index in [0.29, 0.717) is 6.54 Å². The fourth-order valence-corrected chi connectivity index (χ4v) is 2.47. The Kier molecular flexibility index (Phi) is 6.59. The Morgan fingerprint density at radius 2 is 1.80 bits per heavy atom. The lowest BCUT2D eigenvalue weighted by Gasteiger charge is -2.20. The summed E-state index contributed by atoms with van der Waals surface area (Å²) >= 11 is 0. The fourth-order valence-electron chi connectivity index (χ4n) is 2.47. The quantitative estimate of drug-likeness (QED) is 0.596. The Bertz CT molecular complexity index is 745. The molecule has 0 spiro atoms. The van der Waals surface area contributed by atoms with Gasteiger partial charge in [0, 0.05) is 18.2 Å². The van der Waals surface area contributed by atoms with Gasteiger partial charge in [0.1, 0.15) is 5.75 Å². The zero-order chi connectivity index (χ0) is 18.3. The second-order valence-corrected chi connectivity index (χ2v) is 7.13. The number of carbonyl (C=O) groups is 1. The van der Waals surface area contributed by atoms with E-state index in [1.807, 2.05) is 36.4 Å². The number of nitrogens with one attached hydrogen (secondary N) is 2. The molecule has 0 aliphatic rings. The van der Waals surface area contributed by atoms with Crippen LogP contribution in [0.5, 0.6) is 5.75 Å². The van der Waals surface area contributed by atoms with Crippen LogP contribution in [0.4, 0.5) is 0 Å². The molecule has 134 valence electrons. The molecule has 0 aliphatic carbocycles. The van der Waals surface area contributed by atoms with Crippen molar-refractivity contribution in [3.05, 3.63) is 48.0 Å². The highest BCUT2D eigenvalue weighted by Gasteiger charge is 2.07. The average Bonchev–Trinajstić information content (AvgIpc) is 2.58. The summed E-state index contributed by atoms with van der Waals surface area (Å²) in [5.41, 5.74) is 1.12. The molecule has 0 bridgehead atoms. The lowest BCUT2D eigenvalue weighted by atomic mass is 10.1. The van der Waals surface area contributed by atoms with Gasteiger partial charge < -0.3 is 15.4 Å². The first-order chi connectivity index (χ1) is 11.9. The van der Waals surface area contributed by atoms with Gasteiger partial charge in [-0.25, -0.2) is 0 Å². The fraction of sp³-hybridized carbons (Fsp3) is 0.381. The molecule has 0 atom stereocenters. The van der Waals surface area contributed by atoms with E-state index in [0.717, 1.165) is 35.1 Å². The predicted octanol–water partition coefficient (Wildman–Crippen LogP) is 3.76. The standard InChI is InChI=1S/C21H28N2O2/c1-21(2,3)23-13-5-12-22-20(24)11-7-16-6-8-18-15-19(25-4)10-9-17(18)14-16/h6-11,14-15,23H,5,12-13H2,1-4H3,(H,22,24)/b11-7+. The zero-order valence-corrected chi connectivity index (χ0v) is 15.6. The molecule has 1 amide bonds. The number of hydrogen-bond donors (Lipinski definition) is 2. The second kappa shape index (κ2) is 8.67. The molecule has 0 aromatic heterocycles. The van der Waals surface area contributed by atoms with Crippen molar-refractivity contribution in [1.82, 2.24) is 10.6 Å². The summed E-state index contributed by atoms with van der Waals surface area (Å²) in [6.45, 7) is 7.96. The molecule has 2 rings (SSSR count). The number of hydrogen-bond acceptors (Lipinski definition) is 3. The van der Waals surface area contributed by atoms with Gasteiger partial charge in [-0.15, -0.1) is 0 Å². The van der Waals surface area contributed by atoms with Crippen LogP contribution in [0.1, 0.15) is 32.8 Å². The van der Waals surface area contributed by atoms with Gasteiger partial charge >= 0.3 is 0 Å². The molecule has 4 nitrogen and oxygen atoms in total. The molecular formula is C21H28N2O2. The summed E-state index contributed by atoms with van der Waals surface area (Å²) in [4.78, 5) is 11.9. The third-order valence-electron chi connectivity index (χ3n) is 3.81. The first-order valence-corrected chi connectivity index (χ1v) is 8.66. The molecule has 0 heterocycles. The lowest BCUT2D eigenvalue weighted by Crippen LogP contribution is -2.37. The van der Waals surface area contributed by atoms with Crippen molar-refractivity contribution in [3.63, 3.8) is 0 Å². The maximum absolute atomic E-state index is 11.9. The number of carbonyl (C=O) groups excluding carboxylic acids is 1. The van der Waals surface area contributed by atoms with Crippen molar-refractivity contribution < 1.29 is 9.53 Å². The van der Waals surface area contributed by atoms with Gasteiger partial charge in [-0.3, -0.25) is 4.79 Å². The van der Waals surface area contributed by atoms with Crippen LogP contribution in [-0.2, 0) is 4.79 Å². The van der Waals surface area contributed by atoms with Crippen LogP contribution in [-0.4, -0.2) is 31.6 Å². The highest BCUT2D eigenvalue weighted by Crippen LogP contribution is 2.22. The number of amides is 1. The Morgan fingerprint density at radius 3 is 2.52 bits per heavy atom. The number of benzene rings is 2. The molecule has 2 N–H and O–H groups in total. The van der Waals surface area contributed by atoms with Crippen molar-refractivity contribution in [2.45, 2.75) is 32.7 Å². The number of ether oxygens (including phenoxy) is 1. The average molecular weight is 340 g/mol. The van der Waals surface area contributed by atoms with Crippen molar-refractivity contribution in [3.8, 4) is 5.75 Å². The van der Waals surface area contributed by atoms with Gasteiger partial charge in [-0.05, 0) is 74.3 Å². The molecule has 2 aromatic carbocycles. The highest BCUT2D eigenvalue weighted by molar-refractivity contribution is 5.93. The van der Waals surface area contributed by atoms with E-state index in [-0.39, 0.29) is 11.4 Å². The molecule has 2 aromatic rings. The van der Waals surface area contributed by atoms with E-state index in [1.54, 1.807) is 13.2 Å². The summed E-state index contributed by atoms with van der Waals surface area (Å²) in [5, 5.41) is 8.55. The SMILES string of the molecule is COc1ccc2cc(/C=C/C(=O)NCCCNC(C)(C)C)ccc2c1. The third-order valence-corrected chi connectivity index (χ3v) is 3.81. The van der Waals surface area contributed by atoms with E-state index in [1.165, 1.54) is 0 Å². The van der Waals surface area contributed by atoms with Gasteiger partial charge in [0.05, 0.1) is 7.11 Å². The summed E-state index contributed by atoms with van der Waals surface area (Å²) in [6, 6.07) is 12.1. The molecule has 0 aliphatic heterocycles. The van der Waals surface area contributed by atoms with Gasteiger partial charge in [0.2, 0.25) is 5.91 Å². The first-order valence-electron chi connectivity index (χ1n) is 8.66. The van der Waals surface area contributed by atoms with E-state index in [9.17, 15) is 4.79 Å². The van der Waals surface area contributed by atoms with Crippen LogP contribution in [0.25, 0.3) is 16.8 Å². The van der Waals surface area contributed by atoms with E-state index in [4.69, 9.17) is 4.74 Å². The number of rotatable bonds is 7. The molecule has 4 heteroatoms. The topological polar surface area (TPSA) is 50.4 Å². The Morgan fingerprint density at radius 1 is 1.08 bits per heavy atom. The molecule has 25 heavy (non-hydrogen) atoms. The van der Waals surface area contributed by atoms with Crippen molar-refractivity contribution >= 4 is 22.8 Å². The minimum atomic E-state index is -0.0643. The summed E-state index contributed by atoms with van der Waals surface area (Å²) in [5.74, 6) is 0.779. The predicted molar refractivity (Wildman–Crippen MR) is 105 cm³/mol. The molecular weight excluding hydrogens is 312 g/mol. The monoisotopic (exact) mass is 340 g/mol. The van der Waals surface area contributed by atoms with Crippen LogP contribution in [0.15, 0.2) is 42.5 Å². The largest absolute Gasteiger partial charge is 0.497 e. The maximum atomic E-state index is 11.9. The normalized spacial score (nSPS) is 11.8. The van der Waals surface area contributed by atoms with Crippen LogP contribution in [0, 0.1) is 0 Å². The third kappa shape index (κ3) is 6.59. The van der Waals surface area contributed by atoms with E-state index >= 15 is 0 Å². The van der Waals surface area contributed by atoms with Crippen LogP contribution >= 0.6 is 0 Å². The van der Waals surface area contributed by atoms with Crippen molar-refractivity contribution in [1.29, 1.82) is 0 Å². The summed E-state index contributed by atoms with van der Waals surface area (Å²) < 4.78 is 5.23. The molecule has 0 fully saturated rings. The summed E-state index contributed by atoms with van der Waals surface area (Å²) in [7, 11) is 1.66. The summed E-state index contributed by atoms with van der Waals surface area (Å²) in [6.07, 6.45) is 4.34. The molecule has 0 unspecified atom stereocenters. The number of fused-ring (bicyclic) bond motifs is 1. The van der Waals surface area contributed by atoms with Crippen LogP contribution in [0.2, 0.25) is 0 Å². The van der Waals surface area contributed by atoms with Gasteiger partial charge in [0.15, 0.2) is 0 Å². The van der Waals surface area contributed by atoms with E-state index < -0.39 is 0 Å². The zero-order valence-electron chi connectivity index (χ0n) is 15.6. The molecule has 0 saturated carbocycles. The van der Waals surface area contributed by atoms with Gasteiger partial charge in [0.25, 0.3) is 0 Å². The van der Waals surface area contributed by atoms with Crippen LogP contribution in [0.3, 0.4) is 0 Å². The number of methoxy groups -OCH3 is 1. The van der Waals surface area contributed by atoms with Gasteiger partial charge in [-0.2, -0.15) is 0 Å². The van der Waals surface area contributed by atoms with Crippen molar-refractivity contribution in [2.75, 3.05) is 20.2 Å². The Balaban J connectivity index is 1.84. The smallest absolute Gasteiger partial charge is 0.243 e. The van der Waals surface area contributed by atoms with E-state index in [2.05, 4.69) is 37.5 Å². The Labute approximate surface area is 150 Å². The van der Waals surface area contributed by atoms with Crippen molar-refractivity contribution in [2.24, 2.45) is 0 Å². The van der Waals surface area contributed by atoms with Gasteiger partial charge in [-0.1, -0.05) is 18.2 Å². The maximum Gasteiger partial charge on any atom is 0.243 e. The second-order valence-electron chi connectivity index (χ2n) is 7.13.